The zero-order valence-electron chi connectivity index (χ0n) is 5.94. The molecule has 5 heteroatoms. The smallest absolute Gasteiger partial charge is 0.325 e. The zero-order valence-corrected chi connectivity index (χ0v) is 5.94. The molecule has 1 radical (unpaired) electrons. The maximum atomic E-state index is 10.2. The molecule has 0 aromatic carbocycles. The van der Waals surface area contributed by atoms with Gasteiger partial charge in [-0.1, -0.05) is 6.92 Å². The maximum absolute atomic E-state index is 10.2. The second-order valence-corrected chi connectivity index (χ2v) is 1.95. The molecule has 0 heterocycles. The van der Waals surface area contributed by atoms with Crippen molar-refractivity contribution in [3.63, 3.8) is 0 Å². The average Bonchev–Trinajstić information content (AvgIpc) is 1.85. The molecule has 0 aromatic rings. The predicted molar refractivity (Wildman–Crippen MR) is 34.8 cm³/mol. The zero-order chi connectivity index (χ0) is 9.02. The molecule has 0 aliphatic carbocycles. The number of rotatable bonds is 4. The number of carbonyl (C=O) groups is 2. The molecule has 63 valence electrons. The van der Waals surface area contributed by atoms with Crippen molar-refractivity contribution < 1.29 is 24.9 Å². The molecular formula is C6H9O5. The Morgan fingerprint density at radius 1 is 1.27 bits per heavy atom. The van der Waals surface area contributed by atoms with E-state index in [0.29, 0.717) is 0 Å². The highest BCUT2D eigenvalue weighted by Gasteiger charge is 2.33. The van der Waals surface area contributed by atoms with Crippen LogP contribution >= 0.6 is 0 Å². The second-order valence-electron chi connectivity index (χ2n) is 1.95. The van der Waals surface area contributed by atoms with Gasteiger partial charge in [0.15, 0.2) is 0 Å². The molecule has 0 aromatic heterocycles. The van der Waals surface area contributed by atoms with Crippen molar-refractivity contribution >= 4 is 11.9 Å². The monoisotopic (exact) mass is 161 g/mol. The topological polar surface area (TPSA) is 94.8 Å². The van der Waals surface area contributed by atoms with Gasteiger partial charge >= 0.3 is 11.9 Å². The van der Waals surface area contributed by atoms with Gasteiger partial charge in [-0.3, -0.25) is 9.59 Å². The summed E-state index contributed by atoms with van der Waals surface area (Å²) < 4.78 is 0. The summed E-state index contributed by atoms with van der Waals surface area (Å²) in [6.45, 7) is 1.50. The van der Waals surface area contributed by atoms with Crippen molar-refractivity contribution in [1.82, 2.24) is 0 Å². The van der Waals surface area contributed by atoms with Gasteiger partial charge in [-0.2, -0.15) is 0 Å². The fourth-order valence-electron chi connectivity index (χ4n) is 0.581. The first kappa shape index (κ1) is 9.90. The lowest BCUT2D eigenvalue weighted by atomic mass is 10.0. The van der Waals surface area contributed by atoms with Crippen LogP contribution in [0.3, 0.4) is 0 Å². The van der Waals surface area contributed by atoms with E-state index >= 15 is 0 Å². The molecule has 1 unspecified atom stereocenters. The van der Waals surface area contributed by atoms with E-state index < -0.39 is 24.0 Å². The SMILES string of the molecule is CCC(O)[C](C(=O)O)C(=O)O. The summed E-state index contributed by atoms with van der Waals surface area (Å²) >= 11 is 0. The van der Waals surface area contributed by atoms with Crippen molar-refractivity contribution in [2.24, 2.45) is 0 Å². The minimum atomic E-state index is -1.59. The van der Waals surface area contributed by atoms with Gasteiger partial charge in [-0.15, -0.1) is 0 Å². The van der Waals surface area contributed by atoms with Gasteiger partial charge in [-0.05, 0) is 6.42 Å². The number of aliphatic carboxylic acids is 2. The summed E-state index contributed by atoms with van der Waals surface area (Å²) in [7, 11) is 0. The lowest BCUT2D eigenvalue weighted by Gasteiger charge is -2.10. The van der Waals surface area contributed by atoms with E-state index in [1.165, 1.54) is 6.92 Å². The van der Waals surface area contributed by atoms with Crippen LogP contribution in [0.4, 0.5) is 0 Å². The van der Waals surface area contributed by atoms with Gasteiger partial charge in [0.25, 0.3) is 0 Å². The molecule has 0 aliphatic heterocycles. The lowest BCUT2D eigenvalue weighted by Crippen LogP contribution is -2.32. The Bertz CT molecular complexity index is 150. The van der Waals surface area contributed by atoms with Crippen LogP contribution in [0.5, 0.6) is 0 Å². The number of carboxylic acids is 2. The highest BCUT2D eigenvalue weighted by Crippen LogP contribution is 2.10. The Hall–Kier alpha value is -1.10. The standard InChI is InChI=1S/C6H9O5/c1-2-3(7)4(5(8)9)6(10)11/h3,7H,2H2,1H3,(H,8,9)(H,10,11). The molecule has 3 N–H and O–H groups in total. The molecule has 1 atom stereocenters. The molecule has 0 aliphatic rings. The van der Waals surface area contributed by atoms with Crippen molar-refractivity contribution in [2.75, 3.05) is 0 Å². The van der Waals surface area contributed by atoms with Crippen LogP contribution in [0.15, 0.2) is 0 Å². The van der Waals surface area contributed by atoms with Crippen LogP contribution < -0.4 is 0 Å². The molecule has 5 nitrogen and oxygen atoms in total. The van der Waals surface area contributed by atoms with Gasteiger partial charge in [0, 0.05) is 0 Å². The Labute approximate surface area is 63.3 Å². The third-order valence-corrected chi connectivity index (χ3v) is 1.18. The minimum Gasteiger partial charge on any atom is -0.480 e. The first-order chi connectivity index (χ1) is 5.00. The van der Waals surface area contributed by atoms with Crippen molar-refractivity contribution in [3.8, 4) is 0 Å². The van der Waals surface area contributed by atoms with E-state index in [-0.39, 0.29) is 6.42 Å². The second kappa shape index (κ2) is 3.92. The Morgan fingerprint density at radius 2 is 1.64 bits per heavy atom. The van der Waals surface area contributed by atoms with Crippen LogP contribution in [0.1, 0.15) is 13.3 Å². The Kier molecular flexibility index (Phi) is 3.53. The van der Waals surface area contributed by atoms with Crippen molar-refractivity contribution in [1.29, 1.82) is 0 Å². The van der Waals surface area contributed by atoms with E-state index in [4.69, 9.17) is 15.3 Å². The van der Waals surface area contributed by atoms with Crippen molar-refractivity contribution in [2.45, 2.75) is 19.4 Å². The molecular weight excluding hydrogens is 152 g/mol. The largest absolute Gasteiger partial charge is 0.480 e. The molecule has 11 heavy (non-hydrogen) atoms. The summed E-state index contributed by atoms with van der Waals surface area (Å²) in [4.78, 5) is 20.3. The maximum Gasteiger partial charge on any atom is 0.325 e. The van der Waals surface area contributed by atoms with Crippen LogP contribution in [0, 0.1) is 5.92 Å². The Balaban J connectivity index is 4.34. The number of aliphatic hydroxyl groups excluding tert-OH is 1. The van der Waals surface area contributed by atoms with Gasteiger partial charge in [0.2, 0.25) is 5.92 Å². The summed E-state index contributed by atoms with van der Waals surface area (Å²) in [6, 6.07) is 0. The predicted octanol–water partition coefficient (Wildman–Crippen LogP) is -0.499. The van der Waals surface area contributed by atoms with Gasteiger partial charge in [0.05, 0.1) is 6.10 Å². The van der Waals surface area contributed by atoms with Gasteiger partial charge < -0.3 is 15.3 Å². The summed E-state index contributed by atoms with van der Waals surface area (Å²) in [5, 5.41) is 25.4. The van der Waals surface area contributed by atoms with Gasteiger partial charge in [-0.25, -0.2) is 0 Å². The molecule has 0 rings (SSSR count). The third-order valence-electron chi connectivity index (χ3n) is 1.18. The van der Waals surface area contributed by atoms with E-state index in [2.05, 4.69) is 0 Å². The van der Waals surface area contributed by atoms with Crippen LogP contribution in [-0.4, -0.2) is 33.4 Å². The van der Waals surface area contributed by atoms with E-state index in [9.17, 15) is 9.59 Å². The highest BCUT2D eigenvalue weighted by atomic mass is 16.4. The average molecular weight is 161 g/mol. The fourth-order valence-corrected chi connectivity index (χ4v) is 0.581. The molecule has 0 saturated heterocycles. The number of hydrogen-bond donors (Lipinski definition) is 3. The minimum absolute atomic E-state index is 0.0773. The number of aliphatic hydroxyl groups is 1. The first-order valence-corrected chi connectivity index (χ1v) is 3.02. The van der Waals surface area contributed by atoms with Crippen molar-refractivity contribution in [3.05, 3.63) is 5.92 Å². The van der Waals surface area contributed by atoms with Crippen LogP contribution in [-0.2, 0) is 9.59 Å². The molecule has 0 amide bonds. The Morgan fingerprint density at radius 3 is 1.73 bits per heavy atom. The van der Waals surface area contributed by atoms with Gasteiger partial charge in [0.1, 0.15) is 0 Å². The fraction of sp³-hybridized carbons (Fsp3) is 0.500. The van der Waals surface area contributed by atoms with Crippen LogP contribution in [0.25, 0.3) is 0 Å². The molecule has 0 bridgehead atoms. The summed E-state index contributed by atoms with van der Waals surface area (Å²) in [5.41, 5.74) is 0. The summed E-state index contributed by atoms with van der Waals surface area (Å²) in [6.07, 6.45) is -1.32. The first-order valence-electron chi connectivity index (χ1n) is 3.02. The quantitative estimate of drug-likeness (QED) is 0.483. The van der Waals surface area contributed by atoms with E-state index in [1.54, 1.807) is 0 Å². The lowest BCUT2D eigenvalue weighted by molar-refractivity contribution is -0.146. The third kappa shape index (κ3) is 2.55. The van der Waals surface area contributed by atoms with E-state index in [0.717, 1.165) is 0 Å². The molecule has 0 spiro atoms. The highest BCUT2D eigenvalue weighted by molar-refractivity contribution is 6.09. The van der Waals surface area contributed by atoms with E-state index in [1.807, 2.05) is 0 Å². The van der Waals surface area contributed by atoms with Crippen LogP contribution in [0.2, 0.25) is 0 Å². The summed E-state index contributed by atoms with van der Waals surface area (Å²) in [5.74, 6) is -4.06. The normalized spacial score (nSPS) is 13.0. The number of carboxylic acid groups (broad SMARTS) is 2. The molecule has 0 saturated carbocycles. The number of hydrogen-bond acceptors (Lipinski definition) is 3. The molecule has 0 fully saturated rings.